The number of nitrogens with zero attached hydrogens (tertiary/aromatic N) is 2. The number of para-hydroxylation sites is 3. The van der Waals surface area contributed by atoms with Gasteiger partial charge in [0, 0.05) is 16.4 Å². The van der Waals surface area contributed by atoms with E-state index in [0.717, 1.165) is 28.0 Å². The van der Waals surface area contributed by atoms with E-state index in [1.807, 2.05) is 85.8 Å². The fourth-order valence-electron chi connectivity index (χ4n) is 3.97. The van der Waals surface area contributed by atoms with Gasteiger partial charge in [-0.25, -0.2) is 4.98 Å². The number of hydrogen-bond acceptors (Lipinski definition) is 3. The first-order valence-electron chi connectivity index (χ1n) is 9.68. The molecular weight excluding hydrogens is 396 g/mol. The minimum atomic E-state index is -0.365. The van der Waals surface area contributed by atoms with Gasteiger partial charge in [-0.3, -0.25) is 9.36 Å². The van der Waals surface area contributed by atoms with E-state index in [2.05, 4.69) is 15.2 Å². The van der Waals surface area contributed by atoms with Crippen molar-refractivity contribution in [2.45, 2.75) is 13.0 Å². The lowest BCUT2D eigenvalue weighted by atomic mass is 9.94. The van der Waals surface area contributed by atoms with Gasteiger partial charge in [-0.05, 0) is 48.9 Å². The highest BCUT2D eigenvalue weighted by molar-refractivity contribution is 6.30. The van der Waals surface area contributed by atoms with Crippen LogP contribution in [0.25, 0.3) is 11.0 Å². The first kappa shape index (κ1) is 18.5. The molecule has 1 amide bonds. The molecular formula is C24H19ClN4O. The highest BCUT2D eigenvalue weighted by Crippen LogP contribution is 2.40. The fourth-order valence-corrected chi connectivity index (χ4v) is 4.17. The maximum Gasteiger partial charge on any atom is 0.255 e. The fraction of sp³-hybridized carbons (Fsp3) is 0.0833. The average molecular weight is 415 g/mol. The molecule has 5 rings (SSSR count). The van der Waals surface area contributed by atoms with Crippen LogP contribution in [-0.4, -0.2) is 15.5 Å². The summed E-state index contributed by atoms with van der Waals surface area (Å²) < 4.78 is 2.06. The number of hydrogen-bond donors (Lipinski definition) is 2. The summed E-state index contributed by atoms with van der Waals surface area (Å²) >= 11 is 6.32. The molecule has 1 aliphatic rings. The van der Waals surface area contributed by atoms with E-state index in [4.69, 9.17) is 16.6 Å². The van der Waals surface area contributed by atoms with E-state index in [0.29, 0.717) is 16.5 Å². The first-order chi connectivity index (χ1) is 14.6. The van der Waals surface area contributed by atoms with Crippen molar-refractivity contribution in [2.75, 3.05) is 10.6 Å². The Hall–Kier alpha value is -3.57. The molecule has 5 nitrogen and oxygen atoms in total. The Morgan fingerprint density at radius 2 is 1.80 bits per heavy atom. The van der Waals surface area contributed by atoms with Crippen LogP contribution in [0.1, 0.15) is 18.5 Å². The highest BCUT2D eigenvalue weighted by atomic mass is 35.5. The van der Waals surface area contributed by atoms with Crippen LogP contribution in [-0.2, 0) is 4.79 Å². The second-order valence-electron chi connectivity index (χ2n) is 7.24. The Morgan fingerprint density at radius 3 is 2.60 bits per heavy atom. The minimum Gasteiger partial charge on any atom is -0.329 e. The number of aromatic nitrogens is 2. The van der Waals surface area contributed by atoms with Gasteiger partial charge in [0.15, 0.2) is 0 Å². The number of imidazole rings is 1. The van der Waals surface area contributed by atoms with Crippen LogP contribution < -0.4 is 10.6 Å². The quantitative estimate of drug-likeness (QED) is 0.457. The Morgan fingerprint density at radius 1 is 1.03 bits per heavy atom. The summed E-state index contributed by atoms with van der Waals surface area (Å²) in [4.78, 5) is 18.2. The van der Waals surface area contributed by atoms with Gasteiger partial charge in [0.25, 0.3) is 5.91 Å². The number of halogens is 1. The van der Waals surface area contributed by atoms with Crippen molar-refractivity contribution in [3.05, 3.63) is 101 Å². The third-order valence-corrected chi connectivity index (χ3v) is 5.51. The zero-order valence-corrected chi connectivity index (χ0v) is 17.0. The van der Waals surface area contributed by atoms with E-state index in [9.17, 15) is 4.79 Å². The predicted molar refractivity (Wildman–Crippen MR) is 121 cm³/mol. The molecule has 0 radical (unpaired) electrons. The molecule has 3 aromatic carbocycles. The van der Waals surface area contributed by atoms with Crippen molar-refractivity contribution in [3.63, 3.8) is 0 Å². The summed E-state index contributed by atoms with van der Waals surface area (Å²) in [6, 6.07) is 24.6. The summed E-state index contributed by atoms with van der Waals surface area (Å²) in [5, 5.41) is 6.96. The van der Waals surface area contributed by atoms with Gasteiger partial charge < -0.3 is 10.6 Å². The van der Waals surface area contributed by atoms with Crippen LogP contribution in [0, 0.1) is 0 Å². The molecule has 2 N–H and O–H groups in total. The van der Waals surface area contributed by atoms with Crippen molar-refractivity contribution in [1.29, 1.82) is 0 Å². The molecule has 1 atom stereocenters. The molecule has 0 saturated carbocycles. The SMILES string of the molecule is CC1=C(C(=O)Nc2ccccc2)[C@@H](c2cccc(Cl)c2)n2c(nc3ccccc32)N1. The second-order valence-corrected chi connectivity index (χ2v) is 7.67. The normalized spacial score (nSPS) is 15.6. The van der Waals surface area contributed by atoms with E-state index in [1.54, 1.807) is 0 Å². The number of fused-ring (bicyclic) bond motifs is 3. The number of nitrogens with one attached hydrogen (secondary N) is 2. The molecule has 4 aromatic rings. The van der Waals surface area contributed by atoms with Gasteiger partial charge in [0.1, 0.15) is 0 Å². The van der Waals surface area contributed by atoms with E-state index >= 15 is 0 Å². The lowest BCUT2D eigenvalue weighted by molar-refractivity contribution is -0.113. The molecule has 0 aliphatic carbocycles. The molecule has 0 bridgehead atoms. The third-order valence-electron chi connectivity index (χ3n) is 5.27. The first-order valence-corrected chi connectivity index (χ1v) is 10.1. The van der Waals surface area contributed by atoms with E-state index in [1.165, 1.54) is 0 Å². The number of benzene rings is 3. The van der Waals surface area contributed by atoms with E-state index < -0.39 is 0 Å². The van der Waals surface area contributed by atoms with Crippen molar-refractivity contribution in [1.82, 2.24) is 9.55 Å². The van der Waals surface area contributed by atoms with Gasteiger partial charge in [-0.1, -0.05) is 54.1 Å². The van der Waals surface area contributed by atoms with Crippen LogP contribution in [0.3, 0.4) is 0 Å². The number of anilines is 2. The molecule has 0 unspecified atom stereocenters. The molecule has 1 aromatic heterocycles. The summed E-state index contributed by atoms with van der Waals surface area (Å²) in [5.41, 5.74) is 4.86. The lowest BCUT2D eigenvalue weighted by Gasteiger charge is -2.30. The number of carbonyl (C=O) groups is 1. The maximum atomic E-state index is 13.4. The Kier molecular flexibility index (Phi) is 4.52. The summed E-state index contributed by atoms with van der Waals surface area (Å²) in [6.07, 6.45) is 0. The maximum absolute atomic E-state index is 13.4. The minimum absolute atomic E-state index is 0.167. The summed E-state index contributed by atoms with van der Waals surface area (Å²) in [6.45, 7) is 1.90. The van der Waals surface area contributed by atoms with E-state index in [-0.39, 0.29) is 11.9 Å². The van der Waals surface area contributed by atoms with Gasteiger partial charge in [-0.15, -0.1) is 0 Å². The van der Waals surface area contributed by atoms with Gasteiger partial charge in [0.05, 0.1) is 22.6 Å². The highest BCUT2D eigenvalue weighted by Gasteiger charge is 2.34. The number of rotatable bonds is 3. The summed E-state index contributed by atoms with van der Waals surface area (Å²) in [5.74, 6) is 0.537. The Labute approximate surface area is 179 Å². The summed E-state index contributed by atoms with van der Waals surface area (Å²) in [7, 11) is 0. The molecule has 6 heteroatoms. The molecule has 148 valence electrons. The average Bonchev–Trinajstić information content (AvgIpc) is 3.11. The van der Waals surface area contributed by atoms with Gasteiger partial charge >= 0.3 is 0 Å². The largest absolute Gasteiger partial charge is 0.329 e. The molecule has 0 saturated heterocycles. The topological polar surface area (TPSA) is 59.0 Å². The zero-order chi connectivity index (χ0) is 20.7. The standard InChI is InChI=1S/C24H19ClN4O/c1-15-21(23(30)27-18-10-3-2-4-11-18)22(16-8-7-9-17(25)14-16)29-20-13-6-5-12-19(20)28-24(29)26-15/h2-14,22H,1H3,(H,26,28)(H,27,30)/t22-/m1/s1. The monoisotopic (exact) mass is 414 g/mol. The number of carbonyl (C=O) groups excluding carboxylic acids is 1. The lowest BCUT2D eigenvalue weighted by Crippen LogP contribution is -2.30. The van der Waals surface area contributed by atoms with Crippen LogP contribution in [0.4, 0.5) is 11.6 Å². The van der Waals surface area contributed by atoms with Gasteiger partial charge in [0.2, 0.25) is 5.95 Å². The van der Waals surface area contributed by atoms with Crippen molar-refractivity contribution in [2.24, 2.45) is 0 Å². The second kappa shape index (κ2) is 7.35. The Bertz CT molecular complexity index is 1290. The smallest absolute Gasteiger partial charge is 0.255 e. The molecule has 1 aliphatic heterocycles. The zero-order valence-electron chi connectivity index (χ0n) is 16.3. The van der Waals surface area contributed by atoms with Gasteiger partial charge in [-0.2, -0.15) is 0 Å². The molecule has 2 heterocycles. The number of amides is 1. The van der Waals surface area contributed by atoms with Crippen LogP contribution in [0.15, 0.2) is 90.1 Å². The molecule has 0 fully saturated rings. The van der Waals surface area contributed by atoms with Crippen LogP contribution in [0.5, 0.6) is 0 Å². The van der Waals surface area contributed by atoms with Crippen molar-refractivity contribution >= 4 is 40.2 Å². The Balaban J connectivity index is 1.69. The molecule has 0 spiro atoms. The van der Waals surface area contributed by atoms with Crippen molar-refractivity contribution < 1.29 is 4.79 Å². The number of allylic oxidation sites excluding steroid dienone is 1. The van der Waals surface area contributed by atoms with Crippen LogP contribution in [0.2, 0.25) is 5.02 Å². The predicted octanol–water partition coefficient (Wildman–Crippen LogP) is 5.62. The van der Waals surface area contributed by atoms with Crippen LogP contribution >= 0.6 is 11.6 Å². The molecule has 30 heavy (non-hydrogen) atoms. The van der Waals surface area contributed by atoms with Crippen molar-refractivity contribution in [3.8, 4) is 0 Å². The third kappa shape index (κ3) is 3.13.